The number of aromatic nitrogens is 1. The second-order valence-corrected chi connectivity index (χ2v) is 3.17. The van der Waals surface area contributed by atoms with Crippen LogP contribution in [0.2, 0.25) is 0 Å². The van der Waals surface area contributed by atoms with E-state index < -0.39 is 0 Å². The van der Waals surface area contributed by atoms with Crippen molar-refractivity contribution in [2.24, 2.45) is 7.05 Å². The van der Waals surface area contributed by atoms with Crippen molar-refractivity contribution in [1.29, 1.82) is 0 Å². The summed E-state index contributed by atoms with van der Waals surface area (Å²) in [5.74, 6) is 0. The van der Waals surface area contributed by atoms with Gasteiger partial charge in [0.2, 0.25) is 0 Å². The summed E-state index contributed by atoms with van der Waals surface area (Å²) in [6, 6.07) is 8.81. The molecule has 2 aromatic rings. The summed E-state index contributed by atoms with van der Waals surface area (Å²) in [5, 5.41) is 1.34. The van der Waals surface area contributed by atoms with Crippen LogP contribution in [0.4, 0.5) is 0 Å². The maximum absolute atomic E-state index is 2.26. The standard InChI is InChI=1S/C11H13N/c1-3-9-4-5-11-10(8-9)6-7-12(11)2/h4-8H,3H2,1-2H3. The van der Waals surface area contributed by atoms with Crippen LogP contribution in [0.25, 0.3) is 10.9 Å². The zero-order valence-corrected chi connectivity index (χ0v) is 7.54. The quantitative estimate of drug-likeness (QED) is 0.603. The summed E-state index contributed by atoms with van der Waals surface area (Å²) in [4.78, 5) is 0. The Morgan fingerprint density at radius 3 is 2.83 bits per heavy atom. The Labute approximate surface area is 72.6 Å². The van der Waals surface area contributed by atoms with E-state index in [0.717, 1.165) is 6.42 Å². The number of aryl methyl sites for hydroxylation is 2. The Hall–Kier alpha value is -1.24. The van der Waals surface area contributed by atoms with Crippen LogP contribution < -0.4 is 0 Å². The molecule has 0 N–H and O–H groups in total. The van der Waals surface area contributed by atoms with Crippen molar-refractivity contribution in [3.8, 4) is 0 Å². The second-order valence-electron chi connectivity index (χ2n) is 3.17. The summed E-state index contributed by atoms with van der Waals surface area (Å²) >= 11 is 0. The number of hydrogen-bond donors (Lipinski definition) is 0. The predicted molar refractivity (Wildman–Crippen MR) is 52.3 cm³/mol. The van der Waals surface area contributed by atoms with Gasteiger partial charge in [-0.3, -0.25) is 0 Å². The maximum atomic E-state index is 2.26. The molecule has 12 heavy (non-hydrogen) atoms. The van der Waals surface area contributed by atoms with Gasteiger partial charge in [0.25, 0.3) is 0 Å². The molecule has 1 aromatic carbocycles. The summed E-state index contributed by atoms with van der Waals surface area (Å²) in [7, 11) is 2.08. The molecule has 0 bridgehead atoms. The molecule has 0 aliphatic heterocycles. The minimum atomic E-state index is 1.12. The molecule has 0 radical (unpaired) electrons. The molecule has 0 aliphatic carbocycles. The minimum Gasteiger partial charge on any atom is -0.351 e. The van der Waals surface area contributed by atoms with Crippen molar-refractivity contribution in [3.05, 3.63) is 36.0 Å². The fourth-order valence-electron chi connectivity index (χ4n) is 1.55. The Balaban J connectivity index is 2.69. The first-order valence-corrected chi connectivity index (χ1v) is 4.35. The van der Waals surface area contributed by atoms with Crippen LogP contribution in [-0.2, 0) is 13.5 Å². The fourth-order valence-corrected chi connectivity index (χ4v) is 1.55. The van der Waals surface area contributed by atoms with Gasteiger partial charge in [-0.15, -0.1) is 0 Å². The Kier molecular flexibility index (Phi) is 1.65. The number of rotatable bonds is 1. The van der Waals surface area contributed by atoms with E-state index in [1.165, 1.54) is 16.5 Å². The molecule has 0 amide bonds. The van der Waals surface area contributed by atoms with Gasteiger partial charge in [-0.2, -0.15) is 0 Å². The average molecular weight is 159 g/mol. The van der Waals surface area contributed by atoms with Gasteiger partial charge in [0.1, 0.15) is 0 Å². The van der Waals surface area contributed by atoms with Crippen LogP contribution in [0.15, 0.2) is 30.5 Å². The van der Waals surface area contributed by atoms with Gasteiger partial charge in [0.15, 0.2) is 0 Å². The van der Waals surface area contributed by atoms with Crippen molar-refractivity contribution in [2.75, 3.05) is 0 Å². The van der Waals surface area contributed by atoms with Gasteiger partial charge in [0, 0.05) is 18.8 Å². The molecule has 0 saturated carbocycles. The van der Waals surface area contributed by atoms with Crippen LogP contribution in [0.5, 0.6) is 0 Å². The van der Waals surface area contributed by atoms with Crippen molar-refractivity contribution in [2.45, 2.75) is 13.3 Å². The van der Waals surface area contributed by atoms with E-state index in [1.807, 2.05) is 0 Å². The minimum absolute atomic E-state index is 1.12. The lowest BCUT2D eigenvalue weighted by molar-refractivity contribution is 0.968. The van der Waals surface area contributed by atoms with Gasteiger partial charge in [-0.25, -0.2) is 0 Å². The smallest absolute Gasteiger partial charge is 0.0477 e. The summed E-state index contributed by atoms with van der Waals surface area (Å²) in [6.45, 7) is 2.18. The van der Waals surface area contributed by atoms with E-state index in [2.05, 4.69) is 49.0 Å². The van der Waals surface area contributed by atoms with Crippen molar-refractivity contribution >= 4 is 10.9 Å². The molecule has 0 fully saturated rings. The third-order valence-electron chi connectivity index (χ3n) is 2.36. The van der Waals surface area contributed by atoms with Crippen molar-refractivity contribution in [1.82, 2.24) is 4.57 Å². The first-order valence-electron chi connectivity index (χ1n) is 4.35. The molecular formula is C11H13N. The highest BCUT2D eigenvalue weighted by atomic mass is 14.9. The van der Waals surface area contributed by atoms with Crippen LogP contribution in [-0.4, -0.2) is 4.57 Å². The molecule has 0 saturated heterocycles. The van der Waals surface area contributed by atoms with Crippen LogP contribution in [0.1, 0.15) is 12.5 Å². The van der Waals surface area contributed by atoms with Crippen LogP contribution >= 0.6 is 0 Å². The monoisotopic (exact) mass is 159 g/mol. The zero-order chi connectivity index (χ0) is 8.55. The third-order valence-corrected chi connectivity index (χ3v) is 2.36. The van der Waals surface area contributed by atoms with Gasteiger partial charge in [0.05, 0.1) is 0 Å². The largest absolute Gasteiger partial charge is 0.351 e. The first kappa shape index (κ1) is 7.41. The topological polar surface area (TPSA) is 4.93 Å². The van der Waals surface area contributed by atoms with Crippen molar-refractivity contribution in [3.63, 3.8) is 0 Å². The zero-order valence-electron chi connectivity index (χ0n) is 7.54. The Morgan fingerprint density at radius 2 is 2.08 bits per heavy atom. The lowest BCUT2D eigenvalue weighted by atomic mass is 10.1. The summed E-state index contributed by atoms with van der Waals surface area (Å²) in [6.07, 6.45) is 3.22. The lowest BCUT2D eigenvalue weighted by Gasteiger charge is -1.98. The molecular weight excluding hydrogens is 146 g/mol. The molecule has 62 valence electrons. The number of fused-ring (bicyclic) bond motifs is 1. The Morgan fingerprint density at radius 1 is 1.25 bits per heavy atom. The van der Waals surface area contributed by atoms with Gasteiger partial charge >= 0.3 is 0 Å². The first-order chi connectivity index (χ1) is 5.81. The highest BCUT2D eigenvalue weighted by molar-refractivity contribution is 5.80. The molecule has 0 unspecified atom stereocenters. The number of nitrogens with zero attached hydrogens (tertiary/aromatic N) is 1. The second kappa shape index (κ2) is 2.67. The molecule has 1 heteroatoms. The van der Waals surface area contributed by atoms with Crippen molar-refractivity contribution < 1.29 is 0 Å². The molecule has 1 aromatic heterocycles. The molecule has 1 nitrogen and oxygen atoms in total. The van der Waals surface area contributed by atoms with E-state index in [1.54, 1.807) is 0 Å². The van der Waals surface area contributed by atoms with Crippen LogP contribution in [0.3, 0.4) is 0 Å². The van der Waals surface area contributed by atoms with E-state index in [0.29, 0.717) is 0 Å². The summed E-state index contributed by atoms with van der Waals surface area (Å²) < 4.78 is 2.15. The van der Waals surface area contributed by atoms with Crippen LogP contribution in [0, 0.1) is 0 Å². The van der Waals surface area contributed by atoms with E-state index in [4.69, 9.17) is 0 Å². The fraction of sp³-hybridized carbons (Fsp3) is 0.273. The predicted octanol–water partition coefficient (Wildman–Crippen LogP) is 2.74. The van der Waals surface area contributed by atoms with Gasteiger partial charge < -0.3 is 4.57 Å². The number of benzene rings is 1. The SMILES string of the molecule is CCc1ccc2c(ccn2C)c1. The average Bonchev–Trinajstić information content (AvgIpc) is 2.47. The van der Waals surface area contributed by atoms with E-state index in [-0.39, 0.29) is 0 Å². The van der Waals surface area contributed by atoms with E-state index >= 15 is 0 Å². The molecule has 1 heterocycles. The number of hydrogen-bond acceptors (Lipinski definition) is 0. The highest BCUT2D eigenvalue weighted by Crippen LogP contribution is 2.16. The normalized spacial score (nSPS) is 10.8. The molecule has 0 atom stereocenters. The van der Waals surface area contributed by atoms with Gasteiger partial charge in [-0.05, 0) is 35.6 Å². The molecule has 0 spiro atoms. The van der Waals surface area contributed by atoms with Gasteiger partial charge in [-0.1, -0.05) is 13.0 Å². The molecule has 0 aliphatic rings. The maximum Gasteiger partial charge on any atom is 0.0477 e. The molecule has 2 rings (SSSR count). The summed E-state index contributed by atoms with van der Waals surface area (Å²) in [5.41, 5.74) is 2.72. The van der Waals surface area contributed by atoms with E-state index in [9.17, 15) is 0 Å². The highest BCUT2D eigenvalue weighted by Gasteiger charge is 1.97. The third kappa shape index (κ3) is 1.02. The lowest BCUT2D eigenvalue weighted by Crippen LogP contribution is -1.84. The Bertz CT molecular complexity index is 398.